The first-order valence-electron chi connectivity index (χ1n) is 10.8. The van der Waals surface area contributed by atoms with Gasteiger partial charge < -0.3 is 5.32 Å². The number of thioether (sulfide) groups is 1. The number of benzene rings is 1. The molecule has 3 aromatic rings. The number of nitrogens with zero attached hydrogens (tertiary/aromatic N) is 2. The normalized spacial score (nSPS) is 13.4. The molecule has 2 heterocycles. The molecule has 0 fully saturated rings. The van der Waals surface area contributed by atoms with Crippen molar-refractivity contribution in [2.45, 2.75) is 63.9 Å². The molecule has 1 aliphatic rings. The maximum absolute atomic E-state index is 13.0. The van der Waals surface area contributed by atoms with Gasteiger partial charge in [-0.25, -0.2) is 4.98 Å². The molecule has 1 N–H and O–H groups in total. The number of anilines is 1. The lowest BCUT2D eigenvalue weighted by Gasteiger charge is -2.20. The van der Waals surface area contributed by atoms with Crippen molar-refractivity contribution in [2.24, 2.45) is 7.05 Å². The molecule has 0 spiro atoms. The number of rotatable bonds is 6. The van der Waals surface area contributed by atoms with Gasteiger partial charge in [0.05, 0.1) is 11.1 Å². The van der Waals surface area contributed by atoms with E-state index in [1.54, 1.807) is 23.0 Å². The fraction of sp³-hybridized carbons (Fsp3) is 0.458. The smallest absolute Gasteiger partial charge is 0.262 e. The Morgan fingerprint density at radius 3 is 2.52 bits per heavy atom. The highest BCUT2D eigenvalue weighted by Crippen LogP contribution is 2.36. The Labute approximate surface area is 191 Å². The van der Waals surface area contributed by atoms with Gasteiger partial charge in [-0.3, -0.25) is 14.2 Å². The molecule has 0 saturated carbocycles. The van der Waals surface area contributed by atoms with Gasteiger partial charge in [0.25, 0.3) is 5.56 Å². The Balaban J connectivity index is 1.56. The zero-order valence-corrected chi connectivity index (χ0v) is 20.4. The van der Waals surface area contributed by atoms with Crippen molar-refractivity contribution in [3.63, 3.8) is 0 Å². The second kappa shape index (κ2) is 8.79. The minimum Gasteiger partial charge on any atom is -0.325 e. The van der Waals surface area contributed by atoms with Crippen LogP contribution in [0.4, 0.5) is 5.69 Å². The van der Waals surface area contributed by atoms with Crippen LogP contribution < -0.4 is 10.9 Å². The molecular formula is C24H29N3O2S2. The van der Waals surface area contributed by atoms with Crippen LogP contribution in [0.15, 0.2) is 28.2 Å². The Kier molecular flexibility index (Phi) is 6.26. The van der Waals surface area contributed by atoms with E-state index < -0.39 is 0 Å². The number of aromatic nitrogens is 2. The van der Waals surface area contributed by atoms with Crippen molar-refractivity contribution in [1.82, 2.24) is 9.55 Å². The number of hydrogen-bond acceptors (Lipinski definition) is 5. The molecule has 0 bridgehead atoms. The summed E-state index contributed by atoms with van der Waals surface area (Å²) < 4.78 is 1.59. The number of hydrogen-bond donors (Lipinski definition) is 1. The average molecular weight is 456 g/mol. The molecule has 0 aliphatic heterocycles. The summed E-state index contributed by atoms with van der Waals surface area (Å²) in [6.07, 6.45) is 3.12. The molecule has 4 rings (SSSR count). The van der Waals surface area contributed by atoms with Crippen LogP contribution in [-0.4, -0.2) is 21.2 Å². The van der Waals surface area contributed by atoms with Crippen LogP contribution in [0, 0.1) is 0 Å². The topological polar surface area (TPSA) is 64.0 Å². The number of fused-ring (bicyclic) bond motifs is 3. The molecule has 1 aliphatic carbocycles. The van der Waals surface area contributed by atoms with Crippen LogP contribution in [0.3, 0.4) is 0 Å². The number of carbonyl (C=O) groups is 1. The van der Waals surface area contributed by atoms with E-state index in [0.717, 1.165) is 46.3 Å². The fourth-order valence-corrected chi connectivity index (χ4v) is 6.31. The summed E-state index contributed by atoms with van der Waals surface area (Å²) in [6, 6.07) is 6.21. The van der Waals surface area contributed by atoms with Gasteiger partial charge in [-0.1, -0.05) is 57.7 Å². The summed E-state index contributed by atoms with van der Waals surface area (Å²) in [6.45, 7) is 8.54. The number of nitrogens with one attached hydrogen (secondary N) is 1. The number of para-hydroxylation sites is 1. The molecule has 0 saturated heterocycles. The van der Waals surface area contributed by atoms with Crippen LogP contribution in [-0.2, 0) is 24.7 Å². The number of amides is 1. The quantitative estimate of drug-likeness (QED) is 0.396. The Morgan fingerprint density at radius 1 is 1.19 bits per heavy atom. The predicted molar refractivity (Wildman–Crippen MR) is 131 cm³/mol. The molecule has 0 unspecified atom stereocenters. The van der Waals surface area contributed by atoms with E-state index in [4.69, 9.17) is 4.98 Å². The van der Waals surface area contributed by atoms with Crippen molar-refractivity contribution < 1.29 is 4.79 Å². The first-order valence-corrected chi connectivity index (χ1v) is 12.6. The highest BCUT2D eigenvalue weighted by molar-refractivity contribution is 7.99. The zero-order valence-electron chi connectivity index (χ0n) is 18.7. The third kappa shape index (κ3) is 4.17. The molecule has 1 amide bonds. The molecule has 1 aromatic carbocycles. The van der Waals surface area contributed by atoms with E-state index in [0.29, 0.717) is 17.0 Å². The molecule has 31 heavy (non-hydrogen) atoms. The van der Waals surface area contributed by atoms with Gasteiger partial charge in [0, 0.05) is 17.6 Å². The fourth-order valence-electron chi connectivity index (χ4n) is 4.24. The van der Waals surface area contributed by atoms with Crippen molar-refractivity contribution in [3.05, 3.63) is 50.1 Å². The summed E-state index contributed by atoms with van der Waals surface area (Å²) in [5, 5.41) is 4.51. The van der Waals surface area contributed by atoms with Crippen LogP contribution in [0.5, 0.6) is 0 Å². The van der Waals surface area contributed by atoms with E-state index in [9.17, 15) is 9.59 Å². The van der Waals surface area contributed by atoms with E-state index in [1.807, 2.05) is 0 Å². The van der Waals surface area contributed by atoms with Gasteiger partial charge in [-0.2, -0.15) is 0 Å². The Morgan fingerprint density at radius 2 is 1.87 bits per heavy atom. The van der Waals surface area contributed by atoms with E-state index in [1.165, 1.54) is 22.2 Å². The predicted octanol–water partition coefficient (Wildman–Crippen LogP) is 5.46. The Hall–Kier alpha value is -2.12. The van der Waals surface area contributed by atoms with Crippen molar-refractivity contribution in [1.29, 1.82) is 0 Å². The van der Waals surface area contributed by atoms with Crippen molar-refractivity contribution in [3.8, 4) is 0 Å². The maximum Gasteiger partial charge on any atom is 0.262 e. The third-order valence-corrected chi connectivity index (χ3v) is 8.09. The van der Waals surface area contributed by atoms with Crippen LogP contribution in [0.1, 0.15) is 67.5 Å². The van der Waals surface area contributed by atoms with Gasteiger partial charge in [0.2, 0.25) is 5.91 Å². The summed E-state index contributed by atoms with van der Waals surface area (Å²) in [7, 11) is 1.75. The van der Waals surface area contributed by atoms with Gasteiger partial charge in [-0.15, -0.1) is 11.3 Å². The second-order valence-corrected chi connectivity index (χ2v) is 10.8. The number of carbonyl (C=O) groups excluding carboxylic acids is 1. The number of thiophene rings is 1. The van der Waals surface area contributed by atoms with Gasteiger partial charge in [-0.05, 0) is 47.8 Å². The lowest BCUT2D eigenvalue weighted by atomic mass is 9.92. The highest BCUT2D eigenvalue weighted by Gasteiger charge is 2.23. The lowest BCUT2D eigenvalue weighted by molar-refractivity contribution is -0.113. The van der Waals surface area contributed by atoms with Gasteiger partial charge in [0.15, 0.2) is 5.16 Å². The van der Waals surface area contributed by atoms with Crippen LogP contribution in [0.2, 0.25) is 0 Å². The van der Waals surface area contributed by atoms with Crippen LogP contribution >= 0.6 is 23.1 Å². The van der Waals surface area contributed by atoms with E-state index in [-0.39, 0.29) is 17.2 Å². The molecule has 2 aromatic heterocycles. The van der Waals surface area contributed by atoms with Gasteiger partial charge in [0.1, 0.15) is 4.83 Å². The number of aryl methyl sites for hydroxylation is 2. The molecule has 7 heteroatoms. The maximum atomic E-state index is 13.0. The molecule has 0 radical (unpaired) electrons. The van der Waals surface area contributed by atoms with Crippen molar-refractivity contribution >= 4 is 44.9 Å². The van der Waals surface area contributed by atoms with Gasteiger partial charge >= 0.3 is 0 Å². The SMILES string of the molecule is CC(C)c1cccc(C(C)C)c1NC(=O)CSc1nc2sc3c(c2c(=O)n1C)CCC3. The average Bonchev–Trinajstić information content (AvgIpc) is 3.30. The first kappa shape index (κ1) is 22.1. The zero-order chi connectivity index (χ0) is 22.3. The summed E-state index contributed by atoms with van der Waals surface area (Å²) in [4.78, 5) is 32.7. The van der Waals surface area contributed by atoms with E-state index >= 15 is 0 Å². The largest absolute Gasteiger partial charge is 0.325 e. The molecule has 0 atom stereocenters. The first-order chi connectivity index (χ1) is 14.8. The standard InChI is InChI=1S/C24H29N3O2S2/c1-13(2)15-8-6-9-16(14(3)4)21(15)25-19(28)12-30-24-26-22-20(23(29)27(24)5)17-10-7-11-18(17)31-22/h6,8-9,13-14H,7,10-12H2,1-5H3,(H,25,28). The minimum atomic E-state index is -0.0805. The summed E-state index contributed by atoms with van der Waals surface area (Å²) in [5.41, 5.74) is 4.40. The summed E-state index contributed by atoms with van der Waals surface area (Å²) in [5.74, 6) is 0.753. The van der Waals surface area contributed by atoms with Crippen LogP contribution in [0.25, 0.3) is 10.2 Å². The monoisotopic (exact) mass is 455 g/mol. The molecule has 164 valence electrons. The molecular weight excluding hydrogens is 426 g/mol. The van der Waals surface area contributed by atoms with Crippen molar-refractivity contribution in [2.75, 3.05) is 11.1 Å². The highest BCUT2D eigenvalue weighted by atomic mass is 32.2. The second-order valence-electron chi connectivity index (χ2n) is 8.75. The summed E-state index contributed by atoms with van der Waals surface area (Å²) >= 11 is 2.95. The molecule has 5 nitrogen and oxygen atoms in total. The Bertz CT molecular complexity index is 1180. The minimum absolute atomic E-state index is 0.000411. The van der Waals surface area contributed by atoms with E-state index in [2.05, 4.69) is 51.2 Å². The lowest BCUT2D eigenvalue weighted by Crippen LogP contribution is -2.22. The third-order valence-electron chi connectivity index (χ3n) is 5.88.